The number of amides is 1. The van der Waals surface area contributed by atoms with Crippen LogP contribution in [-0.2, 0) is 11.3 Å². The van der Waals surface area contributed by atoms with E-state index >= 15 is 0 Å². The Labute approximate surface area is 93.3 Å². The molecule has 1 rings (SSSR count). The largest absolute Gasteiger partial charge is 0.481 e. The SMILES string of the molecule is NCc1ccc(C(=O)NCCC(=O)O)cc1. The Hall–Kier alpha value is -1.88. The van der Waals surface area contributed by atoms with Gasteiger partial charge in [-0.05, 0) is 17.7 Å². The summed E-state index contributed by atoms with van der Waals surface area (Å²) in [5, 5.41) is 10.9. The molecule has 4 N–H and O–H groups in total. The average molecular weight is 222 g/mol. The summed E-state index contributed by atoms with van der Waals surface area (Å²) >= 11 is 0. The fourth-order valence-electron chi connectivity index (χ4n) is 1.18. The molecule has 0 bridgehead atoms. The van der Waals surface area contributed by atoms with E-state index in [0.717, 1.165) is 5.56 Å². The first-order valence-corrected chi connectivity index (χ1v) is 4.92. The Morgan fingerprint density at radius 3 is 2.38 bits per heavy atom. The molecule has 0 radical (unpaired) electrons. The van der Waals surface area contributed by atoms with E-state index in [1.807, 2.05) is 0 Å². The Balaban J connectivity index is 2.49. The van der Waals surface area contributed by atoms with Crippen LogP contribution in [-0.4, -0.2) is 23.5 Å². The molecule has 86 valence electrons. The number of hydrogen-bond acceptors (Lipinski definition) is 3. The summed E-state index contributed by atoms with van der Waals surface area (Å²) in [6, 6.07) is 6.87. The summed E-state index contributed by atoms with van der Waals surface area (Å²) in [5.74, 6) is -1.20. The van der Waals surface area contributed by atoms with Crippen molar-refractivity contribution in [3.05, 3.63) is 35.4 Å². The van der Waals surface area contributed by atoms with Crippen LogP contribution in [0, 0.1) is 0 Å². The standard InChI is InChI=1S/C11H14N2O3/c12-7-8-1-3-9(4-2-8)11(16)13-6-5-10(14)15/h1-4H,5-7,12H2,(H,13,16)(H,14,15). The fourth-order valence-corrected chi connectivity index (χ4v) is 1.18. The number of carboxylic acids is 1. The normalized spacial score (nSPS) is 9.81. The first-order chi connectivity index (χ1) is 7.63. The van der Waals surface area contributed by atoms with Gasteiger partial charge < -0.3 is 16.2 Å². The van der Waals surface area contributed by atoms with E-state index < -0.39 is 5.97 Å². The smallest absolute Gasteiger partial charge is 0.305 e. The van der Waals surface area contributed by atoms with Gasteiger partial charge in [-0.2, -0.15) is 0 Å². The van der Waals surface area contributed by atoms with Crippen LogP contribution in [0.3, 0.4) is 0 Å². The van der Waals surface area contributed by atoms with Crippen molar-refractivity contribution in [2.24, 2.45) is 5.73 Å². The van der Waals surface area contributed by atoms with Gasteiger partial charge in [-0.25, -0.2) is 0 Å². The molecule has 1 aromatic rings. The zero-order chi connectivity index (χ0) is 12.0. The third-order valence-electron chi connectivity index (χ3n) is 2.08. The zero-order valence-corrected chi connectivity index (χ0v) is 8.77. The summed E-state index contributed by atoms with van der Waals surface area (Å²) in [7, 11) is 0. The third-order valence-corrected chi connectivity index (χ3v) is 2.08. The molecule has 1 amide bonds. The molecule has 0 atom stereocenters. The molecule has 0 saturated carbocycles. The first kappa shape index (κ1) is 12.2. The Kier molecular flexibility index (Phi) is 4.47. The molecule has 0 spiro atoms. The van der Waals surface area contributed by atoms with Crippen molar-refractivity contribution in [1.82, 2.24) is 5.32 Å². The number of nitrogens with two attached hydrogens (primary N) is 1. The number of rotatable bonds is 5. The van der Waals surface area contributed by atoms with Gasteiger partial charge in [0.05, 0.1) is 6.42 Å². The van der Waals surface area contributed by atoms with Crippen molar-refractivity contribution in [3.8, 4) is 0 Å². The average Bonchev–Trinajstić information content (AvgIpc) is 2.28. The van der Waals surface area contributed by atoms with Gasteiger partial charge in [0, 0.05) is 18.7 Å². The molecular weight excluding hydrogens is 208 g/mol. The zero-order valence-electron chi connectivity index (χ0n) is 8.77. The van der Waals surface area contributed by atoms with Gasteiger partial charge in [0.25, 0.3) is 5.91 Å². The minimum Gasteiger partial charge on any atom is -0.481 e. The second-order valence-electron chi connectivity index (χ2n) is 3.30. The Morgan fingerprint density at radius 1 is 1.25 bits per heavy atom. The summed E-state index contributed by atoms with van der Waals surface area (Å²) < 4.78 is 0. The number of benzene rings is 1. The predicted molar refractivity (Wildman–Crippen MR) is 58.9 cm³/mol. The highest BCUT2D eigenvalue weighted by atomic mass is 16.4. The van der Waals surface area contributed by atoms with Crippen LogP contribution >= 0.6 is 0 Å². The molecule has 5 heteroatoms. The van der Waals surface area contributed by atoms with Crippen LogP contribution in [0.15, 0.2) is 24.3 Å². The minimum atomic E-state index is -0.932. The summed E-state index contributed by atoms with van der Waals surface area (Å²) in [6.45, 7) is 0.563. The maximum absolute atomic E-state index is 11.5. The van der Waals surface area contributed by atoms with Crippen molar-refractivity contribution in [2.45, 2.75) is 13.0 Å². The highest BCUT2D eigenvalue weighted by molar-refractivity contribution is 5.94. The van der Waals surface area contributed by atoms with E-state index in [4.69, 9.17) is 10.8 Å². The van der Waals surface area contributed by atoms with E-state index in [0.29, 0.717) is 12.1 Å². The van der Waals surface area contributed by atoms with Crippen molar-refractivity contribution in [3.63, 3.8) is 0 Å². The Morgan fingerprint density at radius 2 is 1.88 bits per heavy atom. The number of carbonyl (C=O) groups is 2. The van der Waals surface area contributed by atoms with Crippen molar-refractivity contribution in [2.75, 3.05) is 6.54 Å². The number of carbonyl (C=O) groups excluding carboxylic acids is 1. The van der Waals surface area contributed by atoms with Gasteiger partial charge in [-0.1, -0.05) is 12.1 Å². The van der Waals surface area contributed by atoms with E-state index in [2.05, 4.69) is 5.32 Å². The Bertz CT molecular complexity index is 373. The second-order valence-corrected chi connectivity index (χ2v) is 3.30. The predicted octanol–water partition coefficient (Wildman–Crippen LogP) is 0.350. The molecule has 0 unspecified atom stereocenters. The van der Waals surface area contributed by atoms with Gasteiger partial charge in [-0.3, -0.25) is 9.59 Å². The molecule has 0 aliphatic carbocycles. The van der Waals surface area contributed by atoms with Gasteiger partial charge in [0.15, 0.2) is 0 Å². The van der Waals surface area contributed by atoms with E-state index in [-0.39, 0.29) is 18.9 Å². The molecule has 0 aliphatic heterocycles. The van der Waals surface area contributed by atoms with Gasteiger partial charge >= 0.3 is 5.97 Å². The van der Waals surface area contributed by atoms with Crippen molar-refractivity contribution < 1.29 is 14.7 Å². The van der Waals surface area contributed by atoms with Crippen LogP contribution in [0.5, 0.6) is 0 Å². The molecule has 5 nitrogen and oxygen atoms in total. The van der Waals surface area contributed by atoms with Crippen LogP contribution < -0.4 is 11.1 Å². The van der Waals surface area contributed by atoms with Crippen LogP contribution in [0.25, 0.3) is 0 Å². The van der Waals surface area contributed by atoms with Crippen molar-refractivity contribution in [1.29, 1.82) is 0 Å². The number of nitrogens with one attached hydrogen (secondary N) is 1. The second kappa shape index (κ2) is 5.87. The molecule has 0 heterocycles. The van der Waals surface area contributed by atoms with Crippen LogP contribution in [0.4, 0.5) is 0 Å². The molecule has 1 aromatic carbocycles. The van der Waals surface area contributed by atoms with Crippen LogP contribution in [0.2, 0.25) is 0 Å². The van der Waals surface area contributed by atoms with Gasteiger partial charge in [0.2, 0.25) is 0 Å². The van der Waals surface area contributed by atoms with Crippen LogP contribution in [0.1, 0.15) is 22.3 Å². The minimum absolute atomic E-state index is 0.0768. The fraction of sp³-hybridized carbons (Fsp3) is 0.273. The lowest BCUT2D eigenvalue weighted by Crippen LogP contribution is -2.25. The summed E-state index contributed by atoms with van der Waals surface area (Å²) in [4.78, 5) is 21.7. The molecule has 16 heavy (non-hydrogen) atoms. The van der Waals surface area contributed by atoms with E-state index in [1.165, 1.54) is 0 Å². The molecule has 0 aliphatic rings. The monoisotopic (exact) mass is 222 g/mol. The van der Waals surface area contributed by atoms with E-state index in [1.54, 1.807) is 24.3 Å². The molecule has 0 saturated heterocycles. The van der Waals surface area contributed by atoms with E-state index in [9.17, 15) is 9.59 Å². The quantitative estimate of drug-likeness (QED) is 0.670. The third kappa shape index (κ3) is 3.70. The lowest BCUT2D eigenvalue weighted by atomic mass is 10.1. The van der Waals surface area contributed by atoms with Gasteiger partial charge in [0.1, 0.15) is 0 Å². The summed E-state index contributed by atoms with van der Waals surface area (Å²) in [6.07, 6.45) is -0.0768. The molecule has 0 fully saturated rings. The lowest BCUT2D eigenvalue weighted by molar-refractivity contribution is -0.136. The topological polar surface area (TPSA) is 92.4 Å². The number of hydrogen-bond donors (Lipinski definition) is 3. The maximum Gasteiger partial charge on any atom is 0.305 e. The molecular formula is C11H14N2O3. The summed E-state index contributed by atoms with van der Waals surface area (Å²) in [5.41, 5.74) is 6.87. The highest BCUT2D eigenvalue weighted by Crippen LogP contribution is 2.03. The maximum atomic E-state index is 11.5. The lowest BCUT2D eigenvalue weighted by Gasteiger charge is -2.04. The van der Waals surface area contributed by atoms with Crippen molar-refractivity contribution >= 4 is 11.9 Å². The molecule has 0 aromatic heterocycles. The highest BCUT2D eigenvalue weighted by Gasteiger charge is 2.05. The number of aliphatic carboxylic acids is 1. The first-order valence-electron chi connectivity index (χ1n) is 4.92. The van der Waals surface area contributed by atoms with Gasteiger partial charge in [-0.15, -0.1) is 0 Å². The number of carboxylic acid groups (broad SMARTS) is 1.